The molecule has 7 nitrogen and oxygen atoms in total. The zero-order valence-corrected chi connectivity index (χ0v) is 25.0. The number of nitrogens with one attached hydrogen (secondary N) is 1. The van der Waals surface area contributed by atoms with Crippen LogP contribution in [0.15, 0.2) is 65.6 Å². The van der Waals surface area contributed by atoms with Crippen molar-refractivity contribution in [2.24, 2.45) is 0 Å². The lowest BCUT2D eigenvalue weighted by molar-refractivity contribution is -0.139. The van der Waals surface area contributed by atoms with E-state index in [-0.39, 0.29) is 17.3 Å². The van der Waals surface area contributed by atoms with Gasteiger partial charge in [0.2, 0.25) is 11.8 Å². The summed E-state index contributed by atoms with van der Waals surface area (Å²) < 4.78 is 29.0. The Bertz CT molecular complexity index is 1460. The number of carbonyl (C=O) groups is 2. The number of aryl methyl sites for hydroxylation is 3. The van der Waals surface area contributed by atoms with Gasteiger partial charge in [0.05, 0.1) is 20.6 Å². The highest BCUT2D eigenvalue weighted by Gasteiger charge is 2.33. The summed E-state index contributed by atoms with van der Waals surface area (Å²) in [5.74, 6) is -0.902. The quantitative estimate of drug-likeness (QED) is 0.330. The number of nitrogens with zero attached hydrogens (tertiary/aromatic N) is 2. The summed E-state index contributed by atoms with van der Waals surface area (Å²) in [5, 5.41) is 3.41. The van der Waals surface area contributed by atoms with Gasteiger partial charge in [-0.05, 0) is 76.1 Å². The Morgan fingerprint density at radius 3 is 2.13 bits per heavy atom. The van der Waals surface area contributed by atoms with E-state index in [0.717, 1.165) is 15.4 Å². The summed E-state index contributed by atoms with van der Waals surface area (Å²) in [7, 11) is -4.13. The third kappa shape index (κ3) is 7.32. The maximum absolute atomic E-state index is 13.9. The lowest BCUT2D eigenvalue weighted by Crippen LogP contribution is -2.51. The smallest absolute Gasteiger partial charge is 0.264 e. The molecule has 2 amide bonds. The van der Waals surface area contributed by atoms with Gasteiger partial charge in [0.15, 0.2) is 0 Å². The molecule has 0 aliphatic carbocycles. The molecule has 3 rings (SSSR count). The Morgan fingerprint density at radius 1 is 0.897 bits per heavy atom. The highest BCUT2D eigenvalue weighted by molar-refractivity contribution is 7.92. The molecule has 0 saturated carbocycles. The second-order valence-electron chi connectivity index (χ2n) is 9.46. The van der Waals surface area contributed by atoms with Crippen LogP contribution in [0.3, 0.4) is 0 Å². The number of hydrogen-bond donors (Lipinski definition) is 1. The van der Waals surface area contributed by atoms with Gasteiger partial charge in [-0.2, -0.15) is 0 Å². The first-order valence-corrected chi connectivity index (χ1v) is 14.7. The van der Waals surface area contributed by atoms with E-state index in [9.17, 15) is 18.0 Å². The van der Waals surface area contributed by atoms with Crippen molar-refractivity contribution in [3.8, 4) is 0 Å². The number of carbonyl (C=O) groups excluding carboxylic acids is 2. The van der Waals surface area contributed by atoms with Crippen LogP contribution in [0.1, 0.15) is 36.1 Å². The number of benzene rings is 3. The Balaban J connectivity index is 2.07. The van der Waals surface area contributed by atoms with Crippen LogP contribution in [0.5, 0.6) is 0 Å². The number of anilines is 1. The molecule has 0 spiro atoms. The summed E-state index contributed by atoms with van der Waals surface area (Å²) in [6.07, 6.45) is 0. The number of sulfonamides is 1. The first kappa shape index (κ1) is 30.5. The number of halogens is 2. The van der Waals surface area contributed by atoms with Crippen LogP contribution in [0, 0.1) is 20.8 Å². The minimum Gasteiger partial charge on any atom is -0.355 e. The normalized spacial score (nSPS) is 12.1. The van der Waals surface area contributed by atoms with Crippen LogP contribution in [0.2, 0.25) is 10.0 Å². The summed E-state index contributed by atoms with van der Waals surface area (Å²) in [6.45, 7) is 8.87. The van der Waals surface area contributed by atoms with Crippen molar-refractivity contribution in [3.05, 3.63) is 93.0 Å². The molecule has 0 saturated heterocycles. The van der Waals surface area contributed by atoms with Crippen molar-refractivity contribution < 1.29 is 18.0 Å². The molecule has 0 aliphatic heterocycles. The molecular formula is C29H33Cl2N3O4S. The van der Waals surface area contributed by atoms with Crippen LogP contribution in [-0.2, 0) is 26.2 Å². The predicted molar refractivity (Wildman–Crippen MR) is 157 cm³/mol. The second kappa shape index (κ2) is 12.9. The zero-order valence-electron chi connectivity index (χ0n) is 22.7. The number of amides is 2. The van der Waals surface area contributed by atoms with Crippen molar-refractivity contribution in [1.82, 2.24) is 10.2 Å². The van der Waals surface area contributed by atoms with E-state index in [1.807, 2.05) is 19.9 Å². The van der Waals surface area contributed by atoms with Gasteiger partial charge >= 0.3 is 0 Å². The fourth-order valence-electron chi connectivity index (χ4n) is 4.18. The van der Waals surface area contributed by atoms with Gasteiger partial charge in [-0.3, -0.25) is 13.9 Å². The Hall–Kier alpha value is -3.07. The molecule has 0 bridgehead atoms. The van der Waals surface area contributed by atoms with E-state index >= 15 is 0 Å². The van der Waals surface area contributed by atoms with Crippen molar-refractivity contribution in [2.75, 3.05) is 17.4 Å². The minimum atomic E-state index is -4.13. The third-order valence-corrected chi connectivity index (χ3v) is 8.88. The fourth-order valence-corrected chi connectivity index (χ4v) is 5.97. The van der Waals surface area contributed by atoms with Gasteiger partial charge in [0, 0.05) is 13.1 Å². The molecule has 0 unspecified atom stereocenters. The number of rotatable bonds is 10. The minimum absolute atomic E-state index is 0.0271. The molecule has 0 fully saturated rings. The van der Waals surface area contributed by atoms with E-state index in [2.05, 4.69) is 5.32 Å². The van der Waals surface area contributed by atoms with Crippen molar-refractivity contribution in [3.63, 3.8) is 0 Å². The Labute approximate surface area is 240 Å². The van der Waals surface area contributed by atoms with Crippen LogP contribution in [0.25, 0.3) is 0 Å². The van der Waals surface area contributed by atoms with Gasteiger partial charge in [0.1, 0.15) is 12.6 Å². The number of likely N-dealkylation sites (N-methyl/N-ethyl adjacent to an activating group) is 1. The van der Waals surface area contributed by atoms with E-state index < -0.39 is 28.5 Å². The van der Waals surface area contributed by atoms with Crippen LogP contribution in [0.4, 0.5) is 5.69 Å². The first-order chi connectivity index (χ1) is 18.3. The fraction of sp³-hybridized carbons (Fsp3) is 0.310. The monoisotopic (exact) mass is 589 g/mol. The molecule has 1 atom stereocenters. The standard InChI is InChI=1S/C29H33Cl2N3O4S/c1-6-32-29(36)22(5)33(17-23-10-13-25(30)26(31)16-23)28(35)18-34(27-14-9-20(3)15-21(27)4)39(37,38)24-11-7-19(2)8-12-24/h7-16,22H,6,17-18H2,1-5H3,(H,32,36)/t22-/m0/s1. The molecule has 3 aromatic carbocycles. The summed E-state index contributed by atoms with van der Waals surface area (Å²) >= 11 is 12.3. The predicted octanol–water partition coefficient (Wildman–Crippen LogP) is 5.67. The average Bonchev–Trinajstić information content (AvgIpc) is 2.88. The highest BCUT2D eigenvalue weighted by atomic mass is 35.5. The van der Waals surface area contributed by atoms with Gasteiger partial charge in [-0.25, -0.2) is 8.42 Å². The molecule has 3 aromatic rings. The van der Waals surface area contributed by atoms with E-state index in [1.54, 1.807) is 63.2 Å². The highest BCUT2D eigenvalue weighted by Crippen LogP contribution is 2.29. The molecule has 0 radical (unpaired) electrons. The van der Waals surface area contributed by atoms with E-state index in [0.29, 0.717) is 33.4 Å². The third-order valence-electron chi connectivity index (χ3n) is 6.36. The summed E-state index contributed by atoms with van der Waals surface area (Å²) in [6, 6.07) is 15.9. The van der Waals surface area contributed by atoms with Gasteiger partial charge in [-0.15, -0.1) is 0 Å². The maximum Gasteiger partial charge on any atom is 0.264 e. The van der Waals surface area contributed by atoms with E-state index in [1.165, 1.54) is 17.0 Å². The van der Waals surface area contributed by atoms with Crippen molar-refractivity contribution >= 4 is 50.7 Å². The summed E-state index contributed by atoms with van der Waals surface area (Å²) in [5.41, 5.74) is 3.60. The largest absolute Gasteiger partial charge is 0.355 e. The average molecular weight is 591 g/mol. The molecule has 1 N–H and O–H groups in total. The topological polar surface area (TPSA) is 86.8 Å². The number of hydrogen-bond acceptors (Lipinski definition) is 4. The van der Waals surface area contributed by atoms with E-state index in [4.69, 9.17) is 23.2 Å². The molecule has 208 valence electrons. The van der Waals surface area contributed by atoms with Crippen molar-refractivity contribution in [1.29, 1.82) is 0 Å². The SMILES string of the molecule is CCNC(=O)[C@H](C)N(Cc1ccc(Cl)c(Cl)c1)C(=O)CN(c1ccc(C)cc1C)S(=O)(=O)c1ccc(C)cc1. The Morgan fingerprint density at radius 2 is 1.54 bits per heavy atom. The maximum atomic E-state index is 13.9. The summed E-state index contributed by atoms with van der Waals surface area (Å²) in [4.78, 5) is 28.2. The van der Waals surface area contributed by atoms with Crippen LogP contribution in [-0.4, -0.2) is 44.3 Å². The van der Waals surface area contributed by atoms with Gasteiger partial charge in [0.25, 0.3) is 10.0 Å². The zero-order chi connectivity index (χ0) is 28.9. The molecule has 10 heteroatoms. The lowest BCUT2D eigenvalue weighted by Gasteiger charge is -2.32. The molecule has 39 heavy (non-hydrogen) atoms. The first-order valence-electron chi connectivity index (χ1n) is 12.5. The molecular weight excluding hydrogens is 557 g/mol. The Kier molecular flexibility index (Phi) is 10.0. The molecule has 0 aromatic heterocycles. The lowest BCUT2D eigenvalue weighted by atomic mass is 10.1. The molecule has 0 heterocycles. The van der Waals surface area contributed by atoms with Crippen molar-refractivity contribution in [2.45, 2.75) is 52.1 Å². The molecule has 0 aliphatic rings. The van der Waals surface area contributed by atoms with Crippen LogP contribution < -0.4 is 9.62 Å². The second-order valence-corrected chi connectivity index (χ2v) is 12.1. The van der Waals surface area contributed by atoms with Crippen LogP contribution >= 0.6 is 23.2 Å². The van der Waals surface area contributed by atoms with Gasteiger partial charge < -0.3 is 10.2 Å². The van der Waals surface area contributed by atoms with Gasteiger partial charge in [-0.1, -0.05) is 64.7 Å².